The molecule has 3 aliphatic rings. The van der Waals surface area contributed by atoms with E-state index < -0.39 is 0 Å². The van der Waals surface area contributed by atoms with Gasteiger partial charge in [0.1, 0.15) is 0 Å². The number of fused-ring (bicyclic) bond motifs is 2. The van der Waals surface area contributed by atoms with Crippen LogP contribution >= 0.6 is 0 Å². The van der Waals surface area contributed by atoms with Gasteiger partial charge in [0.2, 0.25) is 0 Å². The summed E-state index contributed by atoms with van der Waals surface area (Å²) in [6, 6.07) is 0.462. The Morgan fingerprint density at radius 2 is 1.86 bits per heavy atom. The molecule has 0 spiro atoms. The predicted molar refractivity (Wildman–Crippen MR) is 88.7 cm³/mol. The molecule has 3 saturated carbocycles. The van der Waals surface area contributed by atoms with Crippen LogP contribution in [-0.2, 0) is 0 Å². The van der Waals surface area contributed by atoms with Crippen LogP contribution in [0.5, 0.6) is 0 Å². The molecule has 3 aliphatic carbocycles. The van der Waals surface area contributed by atoms with Crippen molar-refractivity contribution < 1.29 is 0 Å². The number of nitrogens with two attached hydrogens (primary N) is 1. The topological polar surface area (TPSA) is 41.3 Å². The lowest BCUT2D eigenvalue weighted by Crippen LogP contribution is -2.62. The molecule has 0 aromatic carbocycles. The summed E-state index contributed by atoms with van der Waals surface area (Å²) in [6.45, 7) is 2.40. The van der Waals surface area contributed by atoms with E-state index in [1.54, 1.807) is 0 Å². The Bertz CT molecular complexity index is 346. The number of rotatable bonds is 5. The van der Waals surface area contributed by atoms with E-state index in [1.807, 2.05) is 0 Å². The van der Waals surface area contributed by atoms with Gasteiger partial charge in [-0.05, 0) is 89.1 Å². The van der Waals surface area contributed by atoms with Crippen molar-refractivity contribution in [1.82, 2.24) is 10.3 Å². The molecular weight excluding hydrogens is 258 g/mol. The van der Waals surface area contributed by atoms with E-state index >= 15 is 0 Å². The number of hydrazine groups is 1. The van der Waals surface area contributed by atoms with Crippen LogP contribution in [0.25, 0.3) is 0 Å². The molecule has 2 bridgehead atoms. The molecule has 3 fully saturated rings. The summed E-state index contributed by atoms with van der Waals surface area (Å²) < 4.78 is 0. The molecule has 4 atom stereocenters. The van der Waals surface area contributed by atoms with Crippen molar-refractivity contribution in [2.45, 2.75) is 76.3 Å². The fourth-order valence-electron chi connectivity index (χ4n) is 5.78. The second-order valence-corrected chi connectivity index (χ2v) is 8.57. The Morgan fingerprint density at radius 1 is 1.14 bits per heavy atom. The third-order valence-corrected chi connectivity index (χ3v) is 7.30. The van der Waals surface area contributed by atoms with Gasteiger partial charge in [-0.3, -0.25) is 11.3 Å². The van der Waals surface area contributed by atoms with E-state index in [4.69, 9.17) is 5.84 Å². The average Bonchev–Trinajstić information content (AvgIpc) is 3.08. The molecule has 3 heteroatoms. The number of likely N-dealkylation sites (N-methyl/N-ethyl adjacent to an activating group) is 1. The van der Waals surface area contributed by atoms with Crippen LogP contribution < -0.4 is 11.3 Å². The fourth-order valence-corrected chi connectivity index (χ4v) is 5.78. The van der Waals surface area contributed by atoms with Gasteiger partial charge in [0.25, 0.3) is 0 Å². The van der Waals surface area contributed by atoms with Crippen LogP contribution in [0.4, 0.5) is 0 Å². The second-order valence-electron chi connectivity index (χ2n) is 8.57. The van der Waals surface area contributed by atoms with E-state index in [0.29, 0.717) is 6.04 Å². The third kappa shape index (κ3) is 2.89. The molecule has 21 heavy (non-hydrogen) atoms. The first kappa shape index (κ1) is 15.8. The largest absolute Gasteiger partial charge is 0.302 e. The van der Waals surface area contributed by atoms with Gasteiger partial charge in [-0.2, -0.15) is 0 Å². The molecule has 3 N–H and O–H groups in total. The molecule has 0 heterocycles. The van der Waals surface area contributed by atoms with Crippen LogP contribution in [0.2, 0.25) is 0 Å². The molecule has 0 radical (unpaired) electrons. The molecule has 122 valence electrons. The Morgan fingerprint density at radius 3 is 2.33 bits per heavy atom. The lowest BCUT2D eigenvalue weighted by atomic mass is 9.69. The van der Waals surface area contributed by atoms with Crippen molar-refractivity contribution in [3.05, 3.63) is 0 Å². The van der Waals surface area contributed by atoms with E-state index in [-0.39, 0.29) is 5.54 Å². The maximum absolute atomic E-state index is 6.06. The molecule has 0 aromatic rings. The highest BCUT2D eigenvalue weighted by atomic mass is 15.3. The van der Waals surface area contributed by atoms with Crippen molar-refractivity contribution in [3.8, 4) is 0 Å². The van der Waals surface area contributed by atoms with Gasteiger partial charge in [-0.15, -0.1) is 0 Å². The lowest BCUT2D eigenvalue weighted by molar-refractivity contribution is 0.0306. The zero-order chi connectivity index (χ0) is 15.0. The molecule has 3 rings (SSSR count). The van der Waals surface area contributed by atoms with E-state index in [0.717, 1.165) is 23.7 Å². The van der Waals surface area contributed by atoms with Gasteiger partial charge >= 0.3 is 0 Å². The Kier molecular flexibility index (Phi) is 4.63. The summed E-state index contributed by atoms with van der Waals surface area (Å²) in [4.78, 5) is 2.48. The summed E-state index contributed by atoms with van der Waals surface area (Å²) in [5.41, 5.74) is 3.53. The van der Waals surface area contributed by atoms with E-state index in [9.17, 15) is 0 Å². The Hall–Kier alpha value is -0.120. The van der Waals surface area contributed by atoms with Gasteiger partial charge in [0.15, 0.2) is 0 Å². The van der Waals surface area contributed by atoms with Gasteiger partial charge < -0.3 is 4.90 Å². The number of hydrogen-bond acceptors (Lipinski definition) is 3. The van der Waals surface area contributed by atoms with Crippen LogP contribution in [0, 0.1) is 23.7 Å². The number of hydrogen-bond donors (Lipinski definition) is 2. The monoisotopic (exact) mass is 293 g/mol. The number of nitrogens with one attached hydrogen (secondary N) is 1. The quantitative estimate of drug-likeness (QED) is 0.604. The standard InChI is InChI=1S/C18H35N3/c1-13-6-8-18(9-7-13,21(2)3)17(20-19)12-16-11-14-4-5-15(16)10-14/h13-17,20H,4-12,19H2,1-3H3. The van der Waals surface area contributed by atoms with Crippen LogP contribution in [0.15, 0.2) is 0 Å². The van der Waals surface area contributed by atoms with Gasteiger partial charge in [0.05, 0.1) is 0 Å². The minimum atomic E-state index is 0.281. The fraction of sp³-hybridized carbons (Fsp3) is 1.00. The molecular formula is C18H35N3. The summed E-state index contributed by atoms with van der Waals surface area (Å²) in [5.74, 6) is 9.93. The predicted octanol–water partition coefficient (Wildman–Crippen LogP) is 3.16. The van der Waals surface area contributed by atoms with Crippen LogP contribution in [0.3, 0.4) is 0 Å². The lowest BCUT2D eigenvalue weighted by Gasteiger charge is -2.50. The van der Waals surface area contributed by atoms with Crippen molar-refractivity contribution in [2.24, 2.45) is 29.5 Å². The first-order valence-corrected chi connectivity index (χ1v) is 9.18. The van der Waals surface area contributed by atoms with Gasteiger partial charge in [-0.25, -0.2) is 0 Å². The number of nitrogens with zero attached hydrogens (tertiary/aromatic N) is 1. The van der Waals surface area contributed by atoms with E-state index in [2.05, 4.69) is 31.3 Å². The normalized spacial score (nSPS) is 44.4. The van der Waals surface area contributed by atoms with Crippen molar-refractivity contribution in [2.75, 3.05) is 14.1 Å². The molecule has 0 amide bonds. The van der Waals surface area contributed by atoms with E-state index in [1.165, 1.54) is 57.8 Å². The van der Waals surface area contributed by atoms with Gasteiger partial charge in [0, 0.05) is 11.6 Å². The highest BCUT2D eigenvalue weighted by molar-refractivity contribution is 5.03. The zero-order valence-electron chi connectivity index (χ0n) is 14.3. The molecule has 3 nitrogen and oxygen atoms in total. The Labute approximate surface area is 131 Å². The molecule has 4 unspecified atom stereocenters. The SMILES string of the molecule is CC1CCC(C(CC2CC3CCC2C3)NN)(N(C)C)CC1. The molecule has 0 saturated heterocycles. The summed E-state index contributed by atoms with van der Waals surface area (Å²) in [5, 5.41) is 0. The minimum absolute atomic E-state index is 0.281. The summed E-state index contributed by atoms with van der Waals surface area (Å²) in [6.07, 6.45) is 12.6. The average molecular weight is 293 g/mol. The Balaban J connectivity index is 1.70. The highest BCUT2D eigenvalue weighted by Crippen LogP contribution is 2.51. The maximum Gasteiger partial charge on any atom is 0.0397 e. The zero-order valence-corrected chi connectivity index (χ0v) is 14.3. The van der Waals surface area contributed by atoms with Crippen LogP contribution in [0.1, 0.15) is 64.7 Å². The first-order chi connectivity index (χ1) is 10.0. The third-order valence-electron chi connectivity index (χ3n) is 7.30. The van der Waals surface area contributed by atoms with Crippen LogP contribution in [-0.4, -0.2) is 30.6 Å². The molecule has 0 aliphatic heterocycles. The maximum atomic E-state index is 6.06. The summed E-state index contributed by atoms with van der Waals surface area (Å²) >= 11 is 0. The second kappa shape index (κ2) is 6.17. The summed E-state index contributed by atoms with van der Waals surface area (Å²) in [7, 11) is 4.53. The van der Waals surface area contributed by atoms with Crippen molar-refractivity contribution in [1.29, 1.82) is 0 Å². The van der Waals surface area contributed by atoms with Crippen molar-refractivity contribution in [3.63, 3.8) is 0 Å². The highest BCUT2D eigenvalue weighted by Gasteiger charge is 2.46. The minimum Gasteiger partial charge on any atom is -0.302 e. The molecule has 0 aromatic heterocycles. The van der Waals surface area contributed by atoms with Gasteiger partial charge in [-0.1, -0.05) is 13.3 Å². The first-order valence-electron chi connectivity index (χ1n) is 9.18. The smallest absolute Gasteiger partial charge is 0.0397 e. The van der Waals surface area contributed by atoms with Crippen molar-refractivity contribution >= 4 is 0 Å².